The molecule has 13 heteroatoms. The molecule has 1 fully saturated rings. The Morgan fingerprint density at radius 2 is 2.00 bits per heavy atom. The minimum absolute atomic E-state index is 0.237. The highest BCUT2D eigenvalue weighted by molar-refractivity contribution is 7.18. The van der Waals surface area contributed by atoms with Gasteiger partial charge in [-0.1, -0.05) is 0 Å². The quantitative estimate of drug-likeness (QED) is 0.699. The third kappa shape index (κ3) is 4.37. The highest BCUT2D eigenvalue weighted by Crippen LogP contribution is 2.41. The Labute approximate surface area is 190 Å². The number of aromatic nitrogens is 2. The van der Waals surface area contributed by atoms with Crippen LogP contribution in [0.4, 0.5) is 18.0 Å². The Bertz CT molecular complexity index is 1260. The summed E-state index contributed by atoms with van der Waals surface area (Å²) >= 11 is 1.12. The molecule has 0 unspecified atom stereocenters. The van der Waals surface area contributed by atoms with Gasteiger partial charge in [0.15, 0.2) is 0 Å². The third-order valence-electron chi connectivity index (χ3n) is 6.11. The largest absolute Gasteiger partial charge is 0.453 e. The summed E-state index contributed by atoms with van der Waals surface area (Å²) in [5, 5.41) is 2.80. The van der Waals surface area contributed by atoms with Crippen LogP contribution in [0.25, 0.3) is 10.2 Å². The Hall–Kier alpha value is -2.83. The van der Waals surface area contributed by atoms with Gasteiger partial charge in [0.05, 0.1) is 37.5 Å². The minimum atomic E-state index is -4.44. The summed E-state index contributed by atoms with van der Waals surface area (Å²) in [4.78, 5) is 45.0. The minimum Gasteiger partial charge on any atom is -0.453 e. The molecular weight excluding hydrogens is 463 g/mol. The van der Waals surface area contributed by atoms with E-state index in [4.69, 9.17) is 0 Å². The van der Waals surface area contributed by atoms with Crippen LogP contribution in [0, 0.1) is 6.92 Å². The zero-order valence-corrected chi connectivity index (χ0v) is 19.2. The Kier molecular flexibility index (Phi) is 5.79. The Morgan fingerprint density at radius 1 is 1.30 bits per heavy atom. The van der Waals surface area contributed by atoms with Crippen molar-refractivity contribution in [3.8, 4) is 0 Å². The van der Waals surface area contributed by atoms with Gasteiger partial charge in [-0.3, -0.25) is 24.2 Å². The van der Waals surface area contributed by atoms with Gasteiger partial charge in [0.2, 0.25) is 5.96 Å². The average molecular weight is 488 g/mol. The molecule has 0 radical (unpaired) electrons. The summed E-state index contributed by atoms with van der Waals surface area (Å²) in [6, 6.07) is 0. The van der Waals surface area contributed by atoms with Gasteiger partial charge >= 0.3 is 18.0 Å². The van der Waals surface area contributed by atoms with Gasteiger partial charge in [-0.15, -0.1) is 11.3 Å². The highest BCUT2D eigenvalue weighted by Gasteiger charge is 2.43. The first-order valence-corrected chi connectivity index (χ1v) is 11.3. The standard InChI is InChI=1S/C20H24F3N5O4S/c1-11-12(10-26-9-7-24-16(26)25-17(30)32-3)33-15-13(11)14(29)28(19(2)4-5-19)18(31)27(15)8-6-20(21,22)23/h4-10H2,1-3H3,(H,24,25,30). The molecule has 9 nitrogen and oxygen atoms in total. The summed E-state index contributed by atoms with van der Waals surface area (Å²) in [5.74, 6) is 0.316. The number of amides is 1. The summed E-state index contributed by atoms with van der Waals surface area (Å²) < 4.78 is 45.8. The van der Waals surface area contributed by atoms with E-state index in [1.165, 1.54) is 7.11 Å². The number of ether oxygens (including phenoxy) is 1. The lowest BCUT2D eigenvalue weighted by Crippen LogP contribution is -2.44. The number of aryl methyl sites for hydroxylation is 2. The SMILES string of the molecule is COC(=O)NC1=NCCN1Cc1sc2c(c1C)c(=O)n(C1(C)CC1)c(=O)n2CCC(F)(F)F. The molecule has 2 aromatic rings. The van der Waals surface area contributed by atoms with E-state index in [0.29, 0.717) is 42.3 Å². The maximum Gasteiger partial charge on any atom is 0.413 e. The zero-order valence-electron chi connectivity index (χ0n) is 18.4. The molecule has 0 spiro atoms. The van der Waals surface area contributed by atoms with Crippen LogP contribution in [0.2, 0.25) is 0 Å². The van der Waals surface area contributed by atoms with Crippen LogP contribution in [-0.2, 0) is 23.4 Å². The van der Waals surface area contributed by atoms with Crippen LogP contribution in [0.5, 0.6) is 0 Å². The number of hydrogen-bond donors (Lipinski definition) is 1. The van der Waals surface area contributed by atoms with Crippen LogP contribution in [0.1, 0.15) is 36.6 Å². The van der Waals surface area contributed by atoms with Crippen LogP contribution < -0.4 is 16.6 Å². The molecule has 1 aliphatic carbocycles. The number of rotatable bonds is 5. The molecule has 2 aliphatic rings. The molecule has 1 aliphatic heterocycles. The van der Waals surface area contributed by atoms with Gasteiger partial charge in [0.25, 0.3) is 5.56 Å². The zero-order chi connectivity index (χ0) is 24.1. The van der Waals surface area contributed by atoms with E-state index in [-0.39, 0.29) is 16.8 Å². The smallest absolute Gasteiger partial charge is 0.413 e. The van der Waals surface area contributed by atoms with Gasteiger partial charge in [-0.25, -0.2) is 9.59 Å². The summed E-state index contributed by atoms with van der Waals surface area (Å²) in [6.45, 7) is 4.17. The van der Waals surface area contributed by atoms with Gasteiger partial charge in [-0.05, 0) is 32.3 Å². The Morgan fingerprint density at radius 3 is 2.61 bits per heavy atom. The number of fused-ring (bicyclic) bond motifs is 1. The van der Waals surface area contributed by atoms with Crippen molar-refractivity contribution in [1.29, 1.82) is 0 Å². The maximum absolute atomic E-state index is 13.3. The molecule has 0 aromatic carbocycles. The second kappa shape index (κ2) is 8.19. The first-order chi connectivity index (χ1) is 15.4. The van der Waals surface area contributed by atoms with E-state index in [2.05, 4.69) is 15.0 Å². The highest BCUT2D eigenvalue weighted by atomic mass is 32.1. The number of nitrogens with one attached hydrogen (secondary N) is 1. The van der Waals surface area contributed by atoms with Crippen LogP contribution >= 0.6 is 11.3 Å². The van der Waals surface area contributed by atoms with Gasteiger partial charge in [0.1, 0.15) is 4.83 Å². The molecule has 0 saturated heterocycles. The number of thiophene rings is 1. The van der Waals surface area contributed by atoms with Gasteiger partial charge in [0, 0.05) is 18.0 Å². The Balaban J connectivity index is 1.79. The molecular formula is C20H24F3N5O4S. The molecule has 33 heavy (non-hydrogen) atoms. The number of hydrogen-bond acceptors (Lipinski definition) is 7. The summed E-state index contributed by atoms with van der Waals surface area (Å²) in [5.41, 5.74) is -1.24. The van der Waals surface area contributed by atoms with E-state index in [9.17, 15) is 27.6 Å². The van der Waals surface area contributed by atoms with Crippen molar-refractivity contribution in [2.24, 2.45) is 4.99 Å². The lowest BCUT2D eigenvalue weighted by molar-refractivity contribution is -0.136. The predicted octanol–water partition coefficient (Wildman–Crippen LogP) is 2.52. The fourth-order valence-electron chi connectivity index (χ4n) is 3.93. The van der Waals surface area contributed by atoms with Crippen molar-refractivity contribution in [3.05, 3.63) is 31.3 Å². The number of methoxy groups -OCH3 is 1. The second-order valence-corrected chi connectivity index (χ2v) is 9.59. The number of carbonyl (C=O) groups is 1. The van der Waals surface area contributed by atoms with Crippen molar-refractivity contribution in [3.63, 3.8) is 0 Å². The lowest BCUT2D eigenvalue weighted by Gasteiger charge is -2.19. The maximum atomic E-state index is 13.3. The molecule has 1 amide bonds. The number of nitrogens with zero attached hydrogens (tertiary/aromatic N) is 4. The monoisotopic (exact) mass is 487 g/mol. The second-order valence-electron chi connectivity index (χ2n) is 8.51. The van der Waals surface area contributed by atoms with Crippen molar-refractivity contribution in [2.75, 3.05) is 20.2 Å². The van der Waals surface area contributed by atoms with Crippen molar-refractivity contribution in [2.45, 2.75) is 57.9 Å². The van der Waals surface area contributed by atoms with E-state index >= 15 is 0 Å². The lowest BCUT2D eigenvalue weighted by atomic mass is 10.2. The molecule has 3 heterocycles. The van der Waals surface area contributed by atoms with E-state index in [0.717, 1.165) is 20.5 Å². The molecule has 180 valence electrons. The van der Waals surface area contributed by atoms with Crippen molar-refractivity contribution < 1.29 is 22.7 Å². The third-order valence-corrected chi connectivity index (χ3v) is 7.41. The topological polar surface area (TPSA) is 97.9 Å². The number of halogens is 3. The first-order valence-electron chi connectivity index (χ1n) is 10.4. The molecule has 1 N–H and O–H groups in total. The van der Waals surface area contributed by atoms with Crippen molar-refractivity contribution >= 4 is 33.6 Å². The van der Waals surface area contributed by atoms with E-state index < -0.39 is 42.0 Å². The number of carbonyl (C=O) groups excluding carboxylic acids is 1. The van der Waals surface area contributed by atoms with Crippen molar-refractivity contribution in [1.82, 2.24) is 19.4 Å². The summed E-state index contributed by atoms with van der Waals surface area (Å²) in [7, 11) is 1.23. The number of alkyl carbamates (subject to hydrolysis) is 1. The molecule has 1 saturated carbocycles. The molecule has 2 aromatic heterocycles. The number of guanidine groups is 1. The first kappa shape index (κ1) is 23.3. The predicted molar refractivity (Wildman–Crippen MR) is 117 cm³/mol. The van der Waals surface area contributed by atoms with E-state index in [1.54, 1.807) is 18.7 Å². The fourth-order valence-corrected chi connectivity index (χ4v) is 5.26. The number of aliphatic imine (C=N–C) groups is 1. The van der Waals surface area contributed by atoms with E-state index in [1.807, 2.05) is 0 Å². The van der Waals surface area contributed by atoms with Gasteiger partial charge < -0.3 is 9.64 Å². The summed E-state index contributed by atoms with van der Waals surface area (Å²) in [6.07, 6.45) is -5.04. The molecule has 0 bridgehead atoms. The van der Waals surface area contributed by atoms with Gasteiger partial charge in [-0.2, -0.15) is 13.2 Å². The average Bonchev–Trinajstić information content (AvgIpc) is 3.17. The number of alkyl halides is 3. The normalized spacial score (nSPS) is 17.4. The van der Waals surface area contributed by atoms with Crippen LogP contribution in [0.3, 0.4) is 0 Å². The molecule has 4 rings (SSSR count). The van der Waals surface area contributed by atoms with Crippen LogP contribution in [-0.4, -0.2) is 52.5 Å². The molecule has 0 atom stereocenters. The fraction of sp³-hybridized carbons (Fsp3) is 0.600. The van der Waals surface area contributed by atoms with Crippen LogP contribution in [0.15, 0.2) is 14.6 Å².